The first kappa shape index (κ1) is 18.7. The maximum Gasteiger partial charge on any atom is 0.255 e. The van der Waals surface area contributed by atoms with Crippen molar-refractivity contribution in [2.75, 3.05) is 10.6 Å². The van der Waals surface area contributed by atoms with E-state index in [1.807, 2.05) is 73.7 Å². The highest BCUT2D eigenvalue weighted by molar-refractivity contribution is 6.04. The number of rotatable bonds is 5. The van der Waals surface area contributed by atoms with Crippen LogP contribution in [-0.2, 0) is 0 Å². The standard InChI is InChI=1S/C24H21N3O2/c1-16-9-12-20(15-21(16)27-23(28)18-6-3-2-4-7-18)26-24(29)19-11-10-17-8-5-13-25-22(17)14-19/h2-15,24,26,29H,1H3,(H,27,28). The van der Waals surface area contributed by atoms with Gasteiger partial charge >= 0.3 is 0 Å². The second-order valence-electron chi connectivity index (χ2n) is 6.85. The zero-order chi connectivity index (χ0) is 20.2. The zero-order valence-corrected chi connectivity index (χ0v) is 16.0. The summed E-state index contributed by atoms with van der Waals surface area (Å²) in [6.07, 6.45) is 0.829. The number of aromatic nitrogens is 1. The molecule has 29 heavy (non-hydrogen) atoms. The molecule has 3 aromatic carbocycles. The Morgan fingerprint density at radius 1 is 0.966 bits per heavy atom. The van der Waals surface area contributed by atoms with Gasteiger partial charge in [-0.2, -0.15) is 0 Å². The average Bonchev–Trinajstić information content (AvgIpc) is 2.76. The van der Waals surface area contributed by atoms with Crippen LogP contribution in [-0.4, -0.2) is 16.0 Å². The molecule has 0 bridgehead atoms. The number of aryl methyl sites for hydroxylation is 1. The SMILES string of the molecule is Cc1ccc(NC(O)c2ccc3cccnc3c2)cc1NC(=O)c1ccccc1. The van der Waals surface area contributed by atoms with Gasteiger partial charge in [0.2, 0.25) is 0 Å². The molecule has 0 saturated heterocycles. The third-order valence-corrected chi connectivity index (χ3v) is 4.77. The van der Waals surface area contributed by atoms with Gasteiger partial charge in [-0.25, -0.2) is 0 Å². The molecule has 1 unspecified atom stereocenters. The molecule has 1 amide bonds. The van der Waals surface area contributed by atoms with Crippen molar-refractivity contribution in [1.29, 1.82) is 0 Å². The van der Waals surface area contributed by atoms with Crippen molar-refractivity contribution in [3.05, 3.63) is 102 Å². The van der Waals surface area contributed by atoms with Crippen LogP contribution in [0, 0.1) is 6.92 Å². The minimum absolute atomic E-state index is 0.174. The molecule has 0 radical (unpaired) electrons. The summed E-state index contributed by atoms with van der Waals surface area (Å²) in [6, 6.07) is 24.2. The average molecular weight is 383 g/mol. The second kappa shape index (κ2) is 8.12. The molecule has 0 saturated carbocycles. The summed E-state index contributed by atoms with van der Waals surface area (Å²) in [5.74, 6) is -0.174. The summed E-state index contributed by atoms with van der Waals surface area (Å²) in [5.41, 5.74) is 4.46. The fourth-order valence-electron chi connectivity index (χ4n) is 3.13. The van der Waals surface area contributed by atoms with Gasteiger partial charge in [0.1, 0.15) is 0 Å². The number of aliphatic hydroxyl groups is 1. The van der Waals surface area contributed by atoms with Crippen LogP contribution in [0.3, 0.4) is 0 Å². The number of nitrogens with zero attached hydrogens (tertiary/aromatic N) is 1. The number of anilines is 2. The summed E-state index contributed by atoms with van der Waals surface area (Å²) < 4.78 is 0. The minimum atomic E-state index is -0.901. The molecule has 5 nitrogen and oxygen atoms in total. The third-order valence-electron chi connectivity index (χ3n) is 4.77. The van der Waals surface area contributed by atoms with Crippen LogP contribution in [0.25, 0.3) is 10.9 Å². The van der Waals surface area contributed by atoms with Gasteiger partial charge in [-0.1, -0.05) is 42.5 Å². The van der Waals surface area contributed by atoms with Crippen molar-refractivity contribution >= 4 is 28.2 Å². The van der Waals surface area contributed by atoms with E-state index in [1.54, 1.807) is 18.3 Å². The molecule has 3 N–H and O–H groups in total. The van der Waals surface area contributed by atoms with Crippen molar-refractivity contribution in [3.63, 3.8) is 0 Å². The predicted molar refractivity (Wildman–Crippen MR) is 116 cm³/mol. The molecule has 0 fully saturated rings. The molecule has 4 rings (SSSR count). The molecule has 1 atom stereocenters. The van der Waals surface area contributed by atoms with Gasteiger partial charge in [-0.05, 0) is 48.9 Å². The van der Waals surface area contributed by atoms with Crippen molar-refractivity contribution in [3.8, 4) is 0 Å². The zero-order valence-electron chi connectivity index (χ0n) is 16.0. The van der Waals surface area contributed by atoms with E-state index < -0.39 is 6.23 Å². The molecular formula is C24H21N3O2. The van der Waals surface area contributed by atoms with Crippen LogP contribution in [0.4, 0.5) is 11.4 Å². The van der Waals surface area contributed by atoms with Gasteiger partial charge in [-0.15, -0.1) is 0 Å². The van der Waals surface area contributed by atoms with Crippen molar-refractivity contribution in [1.82, 2.24) is 4.98 Å². The number of benzene rings is 3. The summed E-state index contributed by atoms with van der Waals surface area (Å²) in [6.45, 7) is 1.93. The highest BCUT2D eigenvalue weighted by atomic mass is 16.3. The number of carbonyl (C=O) groups excluding carboxylic acids is 1. The lowest BCUT2D eigenvalue weighted by atomic mass is 10.1. The maximum atomic E-state index is 12.5. The van der Waals surface area contributed by atoms with Gasteiger partial charge in [0.25, 0.3) is 5.91 Å². The summed E-state index contributed by atoms with van der Waals surface area (Å²) in [7, 11) is 0. The van der Waals surface area contributed by atoms with Crippen molar-refractivity contribution in [2.24, 2.45) is 0 Å². The number of carbonyl (C=O) groups is 1. The van der Waals surface area contributed by atoms with E-state index in [2.05, 4.69) is 15.6 Å². The Morgan fingerprint density at radius 2 is 1.79 bits per heavy atom. The van der Waals surface area contributed by atoms with E-state index in [4.69, 9.17) is 0 Å². The number of aliphatic hydroxyl groups excluding tert-OH is 1. The number of nitrogens with one attached hydrogen (secondary N) is 2. The molecule has 0 aliphatic heterocycles. The van der Waals surface area contributed by atoms with Crippen molar-refractivity contribution < 1.29 is 9.90 Å². The molecule has 1 aromatic heterocycles. The Labute approximate surface area is 169 Å². The Kier molecular flexibility index (Phi) is 5.22. The van der Waals surface area contributed by atoms with E-state index in [9.17, 15) is 9.90 Å². The first-order chi connectivity index (χ1) is 14.1. The van der Waals surface area contributed by atoms with E-state index in [0.717, 1.165) is 16.5 Å². The summed E-state index contributed by atoms with van der Waals surface area (Å²) >= 11 is 0. The topological polar surface area (TPSA) is 74.2 Å². The normalized spacial score (nSPS) is 11.8. The fraction of sp³-hybridized carbons (Fsp3) is 0.0833. The van der Waals surface area contributed by atoms with Crippen LogP contribution >= 0.6 is 0 Å². The van der Waals surface area contributed by atoms with Crippen molar-refractivity contribution in [2.45, 2.75) is 13.2 Å². The first-order valence-electron chi connectivity index (χ1n) is 9.36. The maximum absolute atomic E-state index is 12.5. The smallest absolute Gasteiger partial charge is 0.255 e. The van der Waals surface area contributed by atoms with Crippen LogP contribution in [0.5, 0.6) is 0 Å². The number of hydrogen-bond donors (Lipinski definition) is 3. The quantitative estimate of drug-likeness (QED) is 0.429. The van der Waals surface area contributed by atoms with E-state index in [1.165, 1.54) is 0 Å². The van der Waals surface area contributed by atoms with Crippen LogP contribution in [0.15, 0.2) is 85.1 Å². The van der Waals surface area contributed by atoms with E-state index in [-0.39, 0.29) is 5.91 Å². The molecule has 144 valence electrons. The molecule has 0 spiro atoms. The number of hydrogen-bond acceptors (Lipinski definition) is 4. The predicted octanol–water partition coefficient (Wildman–Crippen LogP) is 4.90. The first-order valence-corrected chi connectivity index (χ1v) is 9.36. The van der Waals surface area contributed by atoms with Gasteiger partial charge in [0.15, 0.2) is 6.23 Å². The van der Waals surface area contributed by atoms with Gasteiger partial charge < -0.3 is 15.7 Å². The Balaban J connectivity index is 1.52. The van der Waals surface area contributed by atoms with E-state index in [0.29, 0.717) is 22.5 Å². The number of fused-ring (bicyclic) bond motifs is 1. The monoisotopic (exact) mass is 383 g/mol. The Morgan fingerprint density at radius 3 is 2.62 bits per heavy atom. The summed E-state index contributed by atoms with van der Waals surface area (Å²) in [5, 5.41) is 17.7. The second-order valence-corrected chi connectivity index (χ2v) is 6.85. The van der Waals surface area contributed by atoms with Gasteiger partial charge in [-0.3, -0.25) is 9.78 Å². The highest BCUT2D eigenvalue weighted by Gasteiger charge is 2.11. The van der Waals surface area contributed by atoms with Gasteiger partial charge in [0, 0.05) is 34.1 Å². The minimum Gasteiger partial charge on any atom is -0.369 e. The largest absolute Gasteiger partial charge is 0.369 e. The Hall–Kier alpha value is -3.70. The highest BCUT2D eigenvalue weighted by Crippen LogP contribution is 2.25. The van der Waals surface area contributed by atoms with Crippen LogP contribution in [0.2, 0.25) is 0 Å². The van der Waals surface area contributed by atoms with Gasteiger partial charge in [0.05, 0.1) is 5.52 Å². The molecular weight excluding hydrogens is 362 g/mol. The molecule has 5 heteroatoms. The fourth-order valence-corrected chi connectivity index (χ4v) is 3.13. The Bertz CT molecular complexity index is 1160. The van der Waals surface area contributed by atoms with Crippen LogP contribution < -0.4 is 10.6 Å². The summed E-state index contributed by atoms with van der Waals surface area (Å²) in [4.78, 5) is 16.8. The number of pyridine rings is 1. The lowest BCUT2D eigenvalue weighted by Crippen LogP contribution is -2.14. The number of amides is 1. The lowest BCUT2D eigenvalue weighted by Gasteiger charge is -2.17. The molecule has 0 aliphatic rings. The lowest BCUT2D eigenvalue weighted by molar-refractivity contribution is 0.102. The molecule has 4 aromatic rings. The van der Waals surface area contributed by atoms with E-state index >= 15 is 0 Å². The third kappa shape index (κ3) is 4.25. The molecule has 0 aliphatic carbocycles. The molecule has 1 heterocycles. The van der Waals surface area contributed by atoms with Crippen LogP contribution in [0.1, 0.15) is 27.7 Å².